The Labute approximate surface area is 207 Å². The van der Waals surface area contributed by atoms with E-state index in [1.807, 2.05) is 55.6 Å². The van der Waals surface area contributed by atoms with Crippen LogP contribution in [0.15, 0.2) is 54.7 Å². The molecule has 1 aromatic carbocycles. The minimum absolute atomic E-state index is 0.0233. The molecule has 0 aliphatic carbocycles. The van der Waals surface area contributed by atoms with E-state index in [0.717, 1.165) is 16.9 Å². The third kappa shape index (κ3) is 4.71. The highest BCUT2D eigenvalue weighted by molar-refractivity contribution is 7.80. The standard InChI is InChI=1S/C27H33N5OS/c1-17(2)32-19(4)16-21(20(32)5)26-25(23-12-8-9-14-28-23)30-27(34)31(26)15-13-24(33)29-22-11-7-6-10-18(22)3/h6-12,14,16-17,25-26H,13,15H2,1-5H3,(H,29,33)(H,30,34)/t25-,26-/m1/s1. The Kier molecular flexibility index (Phi) is 7.03. The van der Waals surface area contributed by atoms with Gasteiger partial charge in [-0.25, -0.2) is 0 Å². The SMILES string of the molecule is Cc1ccccc1NC(=O)CCN1C(=S)N[C@H](c2ccccn2)[C@H]1c1cc(C)n(C(C)C)c1C. The van der Waals surface area contributed by atoms with Crippen molar-refractivity contribution in [3.05, 3.63) is 82.9 Å². The zero-order chi connectivity index (χ0) is 24.4. The van der Waals surface area contributed by atoms with Gasteiger partial charge in [0.2, 0.25) is 5.91 Å². The molecular weight excluding hydrogens is 442 g/mol. The third-order valence-electron chi connectivity index (χ3n) is 6.56. The molecule has 178 valence electrons. The first-order valence-electron chi connectivity index (χ1n) is 11.8. The summed E-state index contributed by atoms with van der Waals surface area (Å²) in [4.78, 5) is 19.6. The van der Waals surface area contributed by atoms with Crippen LogP contribution >= 0.6 is 12.2 Å². The van der Waals surface area contributed by atoms with Crippen LogP contribution in [0.25, 0.3) is 0 Å². The van der Waals surface area contributed by atoms with Crippen molar-refractivity contribution in [3.8, 4) is 0 Å². The number of nitrogens with one attached hydrogen (secondary N) is 2. The van der Waals surface area contributed by atoms with Gasteiger partial charge in [-0.2, -0.15) is 0 Å². The molecule has 0 unspecified atom stereocenters. The maximum atomic E-state index is 12.8. The van der Waals surface area contributed by atoms with Gasteiger partial charge >= 0.3 is 0 Å². The highest BCUT2D eigenvalue weighted by Crippen LogP contribution is 2.41. The second-order valence-corrected chi connectivity index (χ2v) is 9.61. The van der Waals surface area contributed by atoms with Gasteiger partial charge in [0.05, 0.1) is 17.8 Å². The van der Waals surface area contributed by atoms with Gasteiger partial charge < -0.3 is 20.1 Å². The molecule has 3 heterocycles. The van der Waals surface area contributed by atoms with Crippen LogP contribution in [0.5, 0.6) is 0 Å². The summed E-state index contributed by atoms with van der Waals surface area (Å²) in [5.74, 6) is -0.0233. The van der Waals surface area contributed by atoms with Gasteiger partial charge in [-0.3, -0.25) is 9.78 Å². The van der Waals surface area contributed by atoms with Crippen LogP contribution in [0.2, 0.25) is 0 Å². The van der Waals surface area contributed by atoms with Gasteiger partial charge in [-0.1, -0.05) is 24.3 Å². The fraction of sp³-hybridized carbons (Fsp3) is 0.370. The van der Waals surface area contributed by atoms with Crippen molar-refractivity contribution in [2.75, 3.05) is 11.9 Å². The molecule has 0 radical (unpaired) electrons. The van der Waals surface area contributed by atoms with Crippen LogP contribution in [0.1, 0.15) is 66.6 Å². The number of para-hydroxylation sites is 1. The molecule has 7 heteroatoms. The number of benzene rings is 1. The molecule has 1 aliphatic rings. The minimum atomic E-state index is -0.0887. The highest BCUT2D eigenvalue weighted by atomic mass is 32.1. The first-order valence-corrected chi connectivity index (χ1v) is 12.2. The van der Waals surface area contributed by atoms with Crippen LogP contribution in [0, 0.1) is 20.8 Å². The molecule has 2 aromatic heterocycles. The average Bonchev–Trinajstić information content (AvgIpc) is 3.29. The Hall–Kier alpha value is -3.19. The number of aromatic nitrogens is 2. The van der Waals surface area contributed by atoms with E-state index in [-0.39, 0.29) is 18.0 Å². The summed E-state index contributed by atoms with van der Waals surface area (Å²) in [5.41, 5.74) is 6.49. The zero-order valence-corrected chi connectivity index (χ0v) is 21.3. The first-order chi connectivity index (χ1) is 16.3. The largest absolute Gasteiger partial charge is 0.352 e. The Bertz CT molecular complexity index is 1190. The lowest BCUT2D eigenvalue weighted by Gasteiger charge is -2.28. The van der Waals surface area contributed by atoms with E-state index >= 15 is 0 Å². The van der Waals surface area contributed by atoms with Crippen molar-refractivity contribution >= 4 is 28.9 Å². The van der Waals surface area contributed by atoms with E-state index in [1.165, 1.54) is 17.0 Å². The summed E-state index contributed by atoms with van der Waals surface area (Å²) in [7, 11) is 0. The lowest BCUT2D eigenvalue weighted by atomic mass is 9.96. The van der Waals surface area contributed by atoms with E-state index in [2.05, 4.69) is 58.8 Å². The zero-order valence-electron chi connectivity index (χ0n) is 20.5. The predicted octanol–water partition coefficient (Wildman–Crippen LogP) is 5.39. The highest BCUT2D eigenvalue weighted by Gasteiger charge is 2.41. The normalized spacial score (nSPS) is 17.8. The van der Waals surface area contributed by atoms with Gasteiger partial charge in [-0.15, -0.1) is 0 Å². The number of anilines is 1. The summed E-state index contributed by atoms with van der Waals surface area (Å²) in [5, 5.41) is 7.18. The van der Waals surface area contributed by atoms with Crippen LogP contribution in [-0.4, -0.2) is 32.0 Å². The Morgan fingerprint density at radius 3 is 2.53 bits per heavy atom. The Morgan fingerprint density at radius 2 is 1.88 bits per heavy atom. The minimum Gasteiger partial charge on any atom is -0.352 e. The monoisotopic (exact) mass is 475 g/mol. The molecule has 0 saturated carbocycles. The van der Waals surface area contributed by atoms with E-state index < -0.39 is 0 Å². The number of aryl methyl sites for hydroxylation is 2. The lowest BCUT2D eigenvalue weighted by Crippen LogP contribution is -2.33. The molecule has 1 fully saturated rings. The summed E-state index contributed by atoms with van der Waals surface area (Å²) in [6, 6.07) is 16.2. The maximum Gasteiger partial charge on any atom is 0.226 e. The van der Waals surface area contributed by atoms with E-state index in [9.17, 15) is 4.79 Å². The van der Waals surface area contributed by atoms with Gasteiger partial charge in [0.1, 0.15) is 0 Å². The number of rotatable bonds is 7. The predicted molar refractivity (Wildman–Crippen MR) is 141 cm³/mol. The quantitative estimate of drug-likeness (QED) is 0.449. The summed E-state index contributed by atoms with van der Waals surface area (Å²) < 4.78 is 2.36. The van der Waals surface area contributed by atoms with Crippen molar-refractivity contribution in [2.45, 2.75) is 59.2 Å². The maximum absolute atomic E-state index is 12.8. The molecule has 2 N–H and O–H groups in total. The second kappa shape index (κ2) is 9.97. The van der Waals surface area contributed by atoms with Crippen molar-refractivity contribution in [3.63, 3.8) is 0 Å². The molecular formula is C27H33N5OS. The number of hydrogen-bond donors (Lipinski definition) is 2. The molecule has 1 aliphatic heterocycles. The lowest BCUT2D eigenvalue weighted by molar-refractivity contribution is -0.116. The van der Waals surface area contributed by atoms with Crippen LogP contribution < -0.4 is 10.6 Å². The molecule has 1 saturated heterocycles. The fourth-order valence-electron chi connectivity index (χ4n) is 5.03. The van der Waals surface area contributed by atoms with Gasteiger partial charge in [0.25, 0.3) is 0 Å². The van der Waals surface area contributed by atoms with E-state index in [0.29, 0.717) is 24.1 Å². The van der Waals surface area contributed by atoms with Crippen LogP contribution in [0.4, 0.5) is 5.69 Å². The number of nitrogens with zero attached hydrogens (tertiary/aromatic N) is 3. The molecule has 2 atom stereocenters. The van der Waals surface area contributed by atoms with Crippen molar-refractivity contribution < 1.29 is 4.79 Å². The van der Waals surface area contributed by atoms with Crippen molar-refractivity contribution in [1.29, 1.82) is 0 Å². The van der Waals surface area contributed by atoms with E-state index in [1.54, 1.807) is 0 Å². The molecule has 1 amide bonds. The Morgan fingerprint density at radius 1 is 1.15 bits per heavy atom. The Balaban J connectivity index is 1.62. The number of thiocarbonyl (C=S) groups is 1. The molecule has 4 rings (SSSR count). The number of amides is 1. The number of hydrogen-bond acceptors (Lipinski definition) is 3. The topological polar surface area (TPSA) is 62.2 Å². The van der Waals surface area contributed by atoms with Crippen molar-refractivity contribution in [1.82, 2.24) is 19.8 Å². The summed E-state index contributed by atoms with van der Waals surface area (Å²) in [6.07, 6.45) is 2.15. The summed E-state index contributed by atoms with van der Waals surface area (Å²) >= 11 is 5.78. The van der Waals surface area contributed by atoms with Crippen LogP contribution in [-0.2, 0) is 4.79 Å². The first kappa shape index (κ1) is 24.0. The van der Waals surface area contributed by atoms with Crippen LogP contribution in [0.3, 0.4) is 0 Å². The second-order valence-electron chi connectivity index (χ2n) is 9.22. The van der Waals surface area contributed by atoms with Gasteiger partial charge in [0, 0.05) is 42.3 Å². The molecule has 6 nitrogen and oxygen atoms in total. The number of pyridine rings is 1. The number of carbonyl (C=O) groups excluding carboxylic acids is 1. The number of carbonyl (C=O) groups is 1. The molecule has 34 heavy (non-hydrogen) atoms. The van der Waals surface area contributed by atoms with Gasteiger partial charge in [-0.05, 0) is 82.2 Å². The molecule has 0 spiro atoms. The molecule has 0 bridgehead atoms. The molecule has 3 aromatic rings. The third-order valence-corrected chi connectivity index (χ3v) is 6.91. The summed E-state index contributed by atoms with van der Waals surface area (Å²) in [6.45, 7) is 11.2. The van der Waals surface area contributed by atoms with Gasteiger partial charge in [0.15, 0.2) is 5.11 Å². The van der Waals surface area contributed by atoms with E-state index in [4.69, 9.17) is 12.2 Å². The fourth-order valence-corrected chi connectivity index (χ4v) is 5.36. The smallest absolute Gasteiger partial charge is 0.226 e. The average molecular weight is 476 g/mol. The van der Waals surface area contributed by atoms with Crippen molar-refractivity contribution in [2.24, 2.45) is 0 Å².